The van der Waals surface area contributed by atoms with E-state index in [0.29, 0.717) is 17.0 Å². The number of hydrogen-bond acceptors (Lipinski definition) is 4. The monoisotopic (exact) mass is 421 g/mol. The Morgan fingerprint density at radius 1 is 1.00 bits per heavy atom. The number of ether oxygens (including phenoxy) is 1. The molecule has 2 aromatic carbocycles. The summed E-state index contributed by atoms with van der Waals surface area (Å²) in [6, 6.07) is 18.1. The summed E-state index contributed by atoms with van der Waals surface area (Å²) in [7, 11) is 0. The fraction of sp³-hybridized carbons (Fsp3) is 0.280. The highest BCUT2D eigenvalue weighted by Gasteiger charge is 2.25. The molecule has 4 nitrogen and oxygen atoms in total. The Labute approximate surface area is 181 Å². The van der Waals surface area contributed by atoms with Gasteiger partial charge in [0.15, 0.2) is 0 Å². The van der Waals surface area contributed by atoms with Crippen molar-refractivity contribution >= 4 is 28.2 Å². The first-order valence-electron chi connectivity index (χ1n) is 10.2. The van der Waals surface area contributed by atoms with E-state index in [4.69, 9.17) is 4.74 Å². The molecular formula is C25H27NO3S. The number of anilines is 1. The van der Waals surface area contributed by atoms with Crippen LogP contribution in [0.15, 0.2) is 54.6 Å². The van der Waals surface area contributed by atoms with E-state index < -0.39 is 5.97 Å². The standard InChI is InChI=1S/C25H27NO3S/c1-4-29-25(28)23-22(20-10-6-5-7-11-20)18(3)30-24(23)26-21(27)12-8-9-19-15-13-17(2)14-16-19/h5-7,10-11,13-16H,4,8-9,12H2,1-3H3,(H,26,27). The van der Waals surface area contributed by atoms with Crippen LogP contribution in [0.25, 0.3) is 11.1 Å². The highest BCUT2D eigenvalue weighted by molar-refractivity contribution is 7.17. The van der Waals surface area contributed by atoms with E-state index in [1.165, 1.54) is 22.5 Å². The Kier molecular flexibility index (Phi) is 7.41. The molecule has 0 aliphatic carbocycles. The smallest absolute Gasteiger partial charge is 0.341 e. The zero-order valence-corrected chi connectivity index (χ0v) is 18.5. The van der Waals surface area contributed by atoms with Gasteiger partial charge in [0.2, 0.25) is 5.91 Å². The number of aryl methyl sites for hydroxylation is 3. The number of rotatable bonds is 8. The second kappa shape index (κ2) is 10.2. The van der Waals surface area contributed by atoms with Gasteiger partial charge in [-0.05, 0) is 44.7 Å². The summed E-state index contributed by atoms with van der Waals surface area (Å²) < 4.78 is 5.29. The van der Waals surface area contributed by atoms with E-state index in [1.807, 2.05) is 37.3 Å². The summed E-state index contributed by atoms with van der Waals surface area (Å²) >= 11 is 1.42. The molecule has 0 unspecified atom stereocenters. The Morgan fingerprint density at radius 2 is 1.70 bits per heavy atom. The molecule has 1 amide bonds. The van der Waals surface area contributed by atoms with Gasteiger partial charge in [0.25, 0.3) is 0 Å². The lowest BCUT2D eigenvalue weighted by atomic mass is 10.0. The Hall–Kier alpha value is -2.92. The van der Waals surface area contributed by atoms with Gasteiger partial charge in [0.05, 0.1) is 6.61 Å². The predicted octanol–water partition coefficient (Wildman–Crippen LogP) is 6.17. The third-order valence-corrected chi connectivity index (χ3v) is 5.89. The molecule has 0 spiro atoms. The maximum Gasteiger partial charge on any atom is 0.341 e. The van der Waals surface area contributed by atoms with Crippen molar-refractivity contribution in [2.24, 2.45) is 0 Å². The Morgan fingerprint density at radius 3 is 2.37 bits per heavy atom. The van der Waals surface area contributed by atoms with Crippen molar-refractivity contribution in [1.82, 2.24) is 0 Å². The number of carbonyl (C=O) groups is 2. The number of amides is 1. The number of carbonyl (C=O) groups excluding carboxylic acids is 2. The first-order valence-corrected chi connectivity index (χ1v) is 11.0. The Balaban J connectivity index is 1.75. The summed E-state index contributed by atoms with van der Waals surface area (Å²) in [4.78, 5) is 26.3. The van der Waals surface area contributed by atoms with Crippen LogP contribution in [-0.4, -0.2) is 18.5 Å². The number of nitrogens with one attached hydrogen (secondary N) is 1. The molecular weight excluding hydrogens is 394 g/mol. The largest absolute Gasteiger partial charge is 0.462 e. The van der Waals surface area contributed by atoms with Gasteiger partial charge < -0.3 is 10.1 Å². The van der Waals surface area contributed by atoms with Crippen molar-refractivity contribution < 1.29 is 14.3 Å². The van der Waals surface area contributed by atoms with Crippen LogP contribution < -0.4 is 5.32 Å². The van der Waals surface area contributed by atoms with Crippen molar-refractivity contribution in [2.45, 2.75) is 40.0 Å². The van der Waals surface area contributed by atoms with Crippen LogP contribution in [0, 0.1) is 13.8 Å². The minimum atomic E-state index is -0.407. The lowest BCUT2D eigenvalue weighted by Crippen LogP contribution is -2.14. The van der Waals surface area contributed by atoms with E-state index >= 15 is 0 Å². The van der Waals surface area contributed by atoms with E-state index in [9.17, 15) is 9.59 Å². The van der Waals surface area contributed by atoms with Crippen molar-refractivity contribution in [3.63, 3.8) is 0 Å². The van der Waals surface area contributed by atoms with E-state index in [-0.39, 0.29) is 12.5 Å². The molecule has 1 aromatic heterocycles. The van der Waals surface area contributed by atoms with Crippen LogP contribution in [0.2, 0.25) is 0 Å². The van der Waals surface area contributed by atoms with Gasteiger partial charge in [0, 0.05) is 16.9 Å². The van der Waals surface area contributed by atoms with Gasteiger partial charge in [-0.1, -0.05) is 60.2 Å². The van der Waals surface area contributed by atoms with Gasteiger partial charge in [-0.15, -0.1) is 11.3 Å². The molecule has 0 saturated heterocycles. The second-order valence-corrected chi connectivity index (χ2v) is 8.44. The molecule has 5 heteroatoms. The molecule has 0 aliphatic rings. The molecule has 3 aromatic rings. The Bertz CT molecular complexity index is 1010. The van der Waals surface area contributed by atoms with Crippen LogP contribution in [0.5, 0.6) is 0 Å². The minimum Gasteiger partial charge on any atom is -0.462 e. The number of hydrogen-bond donors (Lipinski definition) is 1. The van der Waals surface area contributed by atoms with E-state index in [0.717, 1.165) is 28.8 Å². The van der Waals surface area contributed by atoms with Gasteiger partial charge in [-0.2, -0.15) is 0 Å². The highest BCUT2D eigenvalue weighted by Crippen LogP contribution is 2.40. The molecule has 0 aliphatic heterocycles. The summed E-state index contributed by atoms with van der Waals surface area (Å²) in [6.45, 7) is 6.09. The van der Waals surface area contributed by atoms with E-state index in [2.05, 4.69) is 36.5 Å². The number of thiophene rings is 1. The molecule has 30 heavy (non-hydrogen) atoms. The third-order valence-electron chi connectivity index (χ3n) is 4.87. The van der Waals surface area contributed by atoms with E-state index in [1.54, 1.807) is 6.92 Å². The maximum atomic E-state index is 12.7. The first-order chi connectivity index (χ1) is 14.5. The lowest BCUT2D eigenvalue weighted by Gasteiger charge is -2.09. The average molecular weight is 422 g/mol. The molecule has 0 bridgehead atoms. The molecule has 0 radical (unpaired) electrons. The minimum absolute atomic E-state index is 0.0893. The van der Waals surface area contributed by atoms with Gasteiger partial charge in [-0.25, -0.2) is 4.79 Å². The summed E-state index contributed by atoms with van der Waals surface area (Å²) in [5, 5.41) is 3.52. The van der Waals surface area contributed by atoms with Crippen LogP contribution >= 0.6 is 11.3 Å². The zero-order chi connectivity index (χ0) is 21.5. The van der Waals surface area contributed by atoms with Gasteiger partial charge in [-0.3, -0.25) is 4.79 Å². The average Bonchev–Trinajstić information content (AvgIpc) is 3.06. The molecule has 156 valence electrons. The quantitative estimate of drug-likeness (QED) is 0.443. The predicted molar refractivity (Wildman–Crippen MR) is 123 cm³/mol. The summed E-state index contributed by atoms with van der Waals surface area (Å²) in [6.07, 6.45) is 1.99. The first kappa shape index (κ1) is 21.8. The maximum absolute atomic E-state index is 12.7. The van der Waals surface area contributed by atoms with Crippen molar-refractivity contribution in [3.8, 4) is 11.1 Å². The van der Waals surface area contributed by atoms with Crippen LogP contribution in [0.4, 0.5) is 5.00 Å². The highest BCUT2D eigenvalue weighted by atomic mass is 32.1. The molecule has 0 atom stereocenters. The summed E-state index contributed by atoms with van der Waals surface area (Å²) in [5.41, 5.74) is 4.66. The number of benzene rings is 2. The molecule has 1 heterocycles. The molecule has 0 saturated carbocycles. The van der Waals surface area contributed by atoms with Crippen LogP contribution in [0.1, 0.15) is 46.1 Å². The SMILES string of the molecule is CCOC(=O)c1c(NC(=O)CCCc2ccc(C)cc2)sc(C)c1-c1ccccc1. The molecule has 1 N–H and O–H groups in total. The fourth-order valence-corrected chi connectivity index (χ4v) is 4.46. The second-order valence-electron chi connectivity index (χ2n) is 7.21. The number of esters is 1. The van der Waals surface area contributed by atoms with Crippen molar-refractivity contribution in [2.75, 3.05) is 11.9 Å². The normalized spacial score (nSPS) is 10.6. The fourth-order valence-electron chi connectivity index (χ4n) is 3.38. The zero-order valence-electron chi connectivity index (χ0n) is 17.7. The van der Waals surface area contributed by atoms with Crippen LogP contribution in [0.3, 0.4) is 0 Å². The van der Waals surface area contributed by atoms with Crippen molar-refractivity contribution in [1.29, 1.82) is 0 Å². The lowest BCUT2D eigenvalue weighted by molar-refractivity contribution is -0.116. The van der Waals surface area contributed by atoms with Crippen LogP contribution in [-0.2, 0) is 16.0 Å². The topological polar surface area (TPSA) is 55.4 Å². The third kappa shape index (κ3) is 5.36. The van der Waals surface area contributed by atoms with Crippen molar-refractivity contribution in [3.05, 3.63) is 76.2 Å². The summed E-state index contributed by atoms with van der Waals surface area (Å²) in [5.74, 6) is -0.496. The van der Waals surface area contributed by atoms with Gasteiger partial charge >= 0.3 is 5.97 Å². The van der Waals surface area contributed by atoms with Gasteiger partial charge in [0.1, 0.15) is 10.6 Å². The molecule has 3 rings (SSSR count). The molecule has 0 fully saturated rings.